The van der Waals surface area contributed by atoms with Crippen LogP contribution in [-0.4, -0.2) is 24.5 Å². The molecule has 0 aliphatic heterocycles. The molecule has 0 unspecified atom stereocenters. The lowest BCUT2D eigenvalue weighted by atomic mass is 10.1. The van der Waals surface area contributed by atoms with Gasteiger partial charge in [-0.3, -0.25) is 0 Å². The predicted molar refractivity (Wildman–Crippen MR) is 69.4 cm³/mol. The maximum Gasteiger partial charge on any atom is -0.00474 e. The van der Waals surface area contributed by atoms with Gasteiger partial charge in [0.25, 0.3) is 0 Å². The molecular weight excluding hydrogens is 182 g/mol. The smallest absolute Gasteiger partial charge is 0.00474 e. The summed E-state index contributed by atoms with van der Waals surface area (Å²) in [6.45, 7) is 14.4. The van der Waals surface area contributed by atoms with Gasteiger partial charge in [0.1, 0.15) is 0 Å². The average Bonchev–Trinajstić information content (AvgIpc) is 2.26. The third kappa shape index (κ3) is 6.29. The van der Waals surface area contributed by atoms with Crippen molar-refractivity contribution in [3.05, 3.63) is 35.4 Å². The topological polar surface area (TPSA) is 3.24 Å². The summed E-state index contributed by atoms with van der Waals surface area (Å²) < 4.78 is 0. The van der Waals surface area contributed by atoms with E-state index < -0.39 is 0 Å². The number of rotatable bonds is 3. The third-order valence-corrected chi connectivity index (χ3v) is 2.77. The molecule has 0 aliphatic rings. The normalized spacial score (nSPS) is 9.73. The van der Waals surface area contributed by atoms with Crippen molar-refractivity contribution < 1.29 is 0 Å². The maximum absolute atomic E-state index is 2.38. The first-order valence-corrected chi connectivity index (χ1v) is 5.90. The zero-order valence-corrected chi connectivity index (χ0v) is 10.9. The Labute approximate surface area is 95.1 Å². The van der Waals surface area contributed by atoms with Gasteiger partial charge in [0.2, 0.25) is 0 Å². The summed E-state index contributed by atoms with van der Waals surface area (Å²) in [5.74, 6) is 0. The first-order chi connectivity index (χ1) is 7.15. The SMILES string of the molecule is CCN(CC)CC.Cc1ccccc1C. The minimum atomic E-state index is 1.19. The van der Waals surface area contributed by atoms with Crippen molar-refractivity contribution in [2.75, 3.05) is 19.6 Å². The van der Waals surface area contributed by atoms with Crippen LogP contribution in [0.5, 0.6) is 0 Å². The van der Waals surface area contributed by atoms with Gasteiger partial charge in [-0.25, -0.2) is 0 Å². The molecule has 1 rings (SSSR count). The Hall–Kier alpha value is -0.820. The molecule has 0 fully saturated rings. The van der Waals surface area contributed by atoms with Crippen molar-refractivity contribution in [1.29, 1.82) is 0 Å². The van der Waals surface area contributed by atoms with Gasteiger partial charge >= 0.3 is 0 Å². The van der Waals surface area contributed by atoms with E-state index in [0.29, 0.717) is 0 Å². The van der Waals surface area contributed by atoms with E-state index in [4.69, 9.17) is 0 Å². The Balaban J connectivity index is 0.000000265. The Kier molecular flexibility index (Phi) is 8.02. The molecule has 0 radical (unpaired) electrons. The zero-order chi connectivity index (χ0) is 11.7. The average molecular weight is 207 g/mol. The van der Waals surface area contributed by atoms with Crippen molar-refractivity contribution >= 4 is 0 Å². The number of hydrogen-bond donors (Lipinski definition) is 0. The molecule has 0 N–H and O–H groups in total. The molecule has 1 heteroatoms. The van der Waals surface area contributed by atoms with Crippen LogP contribution in [0, 0.1) is 13.8 Å². The van der Waals surface area contributed by atoms with E-state index >= 15 is 0 Å². The van der Waals surface area contributed by atoms with E-state index in [2.05, 4.69) is 63.8 Å². The molecule has 0 saturated heterocycles. The molecule has 86 valence electrons. The first-order valence-electron chi connectivity index (χ1n) is 5.90. The van der Waals surface area contributed by atoms with Crippen LogP contribution in [0.2, 0.25) is 0 Å². The number of hydrogen-bond acceptors (Lipinski definition) is 1. The summed E-state index contributed by atoms with van der Waals surface area (Å²) in [6.07, 6.45) is 0. The van der Waals surface area contributed by atoms with E-state index in [-0.39, 0.29) is 0 Å². The van der Waals surface area contributed by atoms with Gasteiger partial charge in [-0.05, 0) is 44.6 Å². The summed E-state index contributed by atoms with van der Waals surface area (Å²) in [4.78, 5) is 2.38. The molecule has 1 nitrogen and oxygen atoms in total. The van der Waals surface area contributed by atoms with Gasteiger partial charge in [-0.15, -0.1) is 0 Å². The molecule has 15 heavy (non-hydrogen) atoms. The predicted octanol–water partition coefficient (Wildman–Crippen LogP) is 3.65. The minimum absolute atomic E-state index is 1.19. The van der Waals surface area contributed by atoms with Crippen molar-refractivity contribution in [3.63, 3.8) is 0 Å². The molecule has 0 aliphatic carbocycles. The second kappa shape index (κ2) is 8.49. The molecular formula is C14H25N. The summed E-state index contributed by atoms with van der Waals surface area (Å²) in [5, 5.41) is 0. The molecule has 0 saturated carbocycles. The molecule has 1 aromatic carbocycles. The van der Waals surface area contributed by atoms with Crippen molar-refractivity contribution in [1.82, 2.24) is 4.90 Å². The third-order valence-electron chi connectivity index (χ3n) is 2.77. The van der Waals surface area contributed by atoms with Crippen LogP contribution >= 0.6 is 0 Å². The van der Waals surface area contributed by atoms with E-state index in [1.165, 1.54) is 30.8 Å². The van der Waals surface area contributed by atoms with Crippen molar-refractivity contribution in [2.24, 2.45) is 0 Å². The highest BCUT2D eigenvalue weighted by atomic mass is 15.1. The van der Waals surface area contributed by atoms with Crippen LogP contribution in [0.25, 0.3) is 0 Å². The van der Waals surface area contributed by atoms with Gasteiger partial charge in [-0.1, -0.05) is 45.0 Å². The highest BCUT2D eigenvalue weighted by molar-refractivity contribution is 5.23. The summed E-state index contributed by atoms with van der Waals surface area (Å²) in [5.41, 5.74) is 2.74. The zero-order valence-electron chi connectivity index (χ0n) is 10.9. The minimum Gasteiger partial charge on any atom is -0.304 e. The molecule has 0 aromatic heterocycles. The molecule has 0 atom stereocenters. The first kappa shape index (κ1) is 14.2. The maximum atomic E-state index is 2.38. The standard InChI is InChI=1S/C8H10.C6H15N/c1-7-5-3-4-6-8(7)2;1-4-7(5-2)6-3/h3-6H,1-2H3;4-6H2,1-3H3. The van der Waals surface area contributed by atoms with Gasteiger partial charge in [0.15, 0.2) is 0 Å². The highest BCUT2D eigenvalue weighted by Gasteiger charge is 1.89. The quantitative estimate of drug-likeness (QED) is 0.731. The van der Waals surface area contributed by atoms with Gasteiger partial charge in [0, 0.05) is 0 Å². The fraction of sp³-hybridized carbons (Fsp3) is 0.571. The molecule has 0 bridgehead atoms. The van der Waals surface area contributed by atoms with Crippen molar-refractivity contribution in [3.8, 4) is 0 Å². The van der Waals surface area contributed by atoms with Gasteiger partial charge in [-0.2, -0.15) is 0 Å². The Morgan fingerprint density at radius 3 is 1.27 bits per heavy atom. The van der Waals surface area contributed by atoms with E-state index in [1.54, 1.807) is 0 Å². The van der Waals surface area contributed by atoms with Crippen LogP contribution in [-0.2, 0) is 0 Å². The van der Waals surface area contributed by atoms with E-state index in [1.807, 2.05) is 0 Å². The molecule has 0 spiro atoms. The molecule has 0 heterocycles. The Morgan fingerprint density at radius 2 is 1.13 bits per heavy atom. The monoisotopic (exact) mass is 207 g/mol. The lowest BCUT2D eigenvalue weighted by Gasteiger charge is -2.13. The summed E-state index contributed by atoms with van der Waals surface area (Å²) in [7, 11) is 0. The second-order valence-electron chi connectivity index (χ2n) is 3.70. The van der Waals surface area contributed by atoms with Crippen LogP contribution in [0.4, 0.5) is 0 Å². The van der Waals surface area contributed by atoms with Crippen molar-refractivity contribution in [2.45, 2.75) is 34.6 Å². The van der Waals surface area contributed by atoms with Crippen LogP contribution in [0.1, 0.15) is 31.9 Å². The lowest BCUT2D eigenvalue weighted by Crippen LogP contribution is -2.21. The number of benzene rings is 1. The van der Waals surface area contributed by atoms with E-state index in [9.17, 15) is 0 Å². The summed E-state index contributed by atoms with van der Waals surface area (Å²) in [6, 6.07) is 8.36. The summed E-state index contributed by atoms with van der Waals surface area (Å²) >= 11 is 0. The molecule has 1 aromatic rings. The van der Waals surface area contributed by atoms with Gasteiger partial charge in [0.05, 0.1) is 0 Å². The second-order valence-corrected chi connectivity index (χ2v) is 3.70. The Bertz CT molecular complexity index is 225. The fourth-order valence-corrected chi connectivity index (χ4v) is 1.33. The number of nitrogens with zero attached hydrogens (tertiary/aromatic N) is 1. The van der Waals surface area contributed by atoms with E-state index in [0.717, 1.165) is 0 Å². The lowest BCUT2D eigenvalue weighted by molar-refractivity contribution is 0.321. The Morgan fingerprint density at radius 1 is 0.800 bits per heavy atom. The molecule has 0 amide bonds. The van der Waals surface area contributed by atoms with Crippen LogP contribution in [0.3, 0.4) is 0 Å². The highest BCUT2D eigenvalue weighted by Crippen LogP contribution is 2.02. The van der Waals surface area contributed by atoms with Crippen LogP contribution in [0.15, 0.2) is 24.3 Å². The number of aryl methyl sites for hydroxylation is 2. The van der Waals surface area contributed by atoms with Crippen LogP contribution < -0.4 is 0 Å². The van der Waals surface area contributed by atoms with Gasteiger partial charge < -0.3 is 4.90 Å². The largest absolute Gasteiger partial charge is 0.304 e. The fourth-order valence-electron chi connectivity index (χ4n) is 1.33.